The number of alkyl halides is 4. The van der Waals surface area contributed by atoms with Crippen molar-refractivity contribution < 1.29 is 31.6 Å². The molecule has 0 unspecified atom stereocenters. The number of likely N-dealkylation sites (tertiary alicyclic amines) is 1. The molecule has 0 radical (unpaired) electrons. The molecule has 5 rings (SSSR count). The van der Waals surface area contributed by atoms with Gasteiger partial charge in [0.15, 0.2) is 0 Å². The Balaban J connectivity index is 1.38. The molecule has 4 heterocycles. The van der Waals surface area contributed by atoms with E-state index < -0.39 is 24.9 Å². The summed E-state index contributed by atoms with van der Waals surface area (Å²) in [5, 5.41) is 10.3. The molecule has 232 valence electrons. The number of fused-ring (bicyclic) bond motifs is 1. The van der Waals surface area contributed by atoms with Crippen LogP contribution in [0.15, 0.2) is 47.2 Å². The number of nitrogens with one attached hydrogen (secondary N) is 2. The van der Waals surface area contributed by atoms with Gasteiger partial charge in [-0.2, -0.15) is 18.2 Å². The summed E-state index contributed by atoms with van der Waals surface area (Å²) < 4.78 is 69.2. The van der Waals surface area contributed by atoms with Crippen LogP contribution in [0.2, 0.25) is 0 Å². The predicted molar refractivity (Wildman–Crippen MR) is 153 cm³/mol. The zero-order valence-electron chi connectivity index (χ0n) is 24.4. The van der Waals surface area contributed by atoms with E-state index in [1.165, 1.54) is 0 Å². The zero-order valence-corrected chi connectivity index (χ0v) is 24.4. The molecular formula is C29H35F4N7O3. The maximum Gasteiger partial charge on any atom is 0.406 e. The molecule has 3 aromatic heterocycles. The molecule has 0 bridgehead atoms. The molecule has 4 aromatic rings. The Labute approximate surface area is 246 Å². The molecule has 0 aliphatic carbocycles. The monoisotopic (exact) mass is 605 g/mol. The second-order valence-corrected chi connectivity index (χ2v) is 11.5. The molecule has 2 N–H and O–H groups in total. The second-order valence-electron chi connectivity index (χ2n) is 11.5. The number of aromatic nitrogens is 4. The van der Waals surface area contributed by atoms with Crippen molar-refractivity contribution in [3.8, 4) is 11.5 Å². The fourth-order valence-corrected chi connectivity index (χ4v) is 5.39. The van der Waals surface area contributed by atoms with Crippen molar-refractivity contribution in [2.45, 2.75) is 57.3 Å². The number of piperidine rings is 1. The number of hydrogen-bond acceptors (Lipinski definition) is 7. The second kappa shape index (κ2) is 12.0. The number of nitrogens with zero attached hydrogens (tertiary/aromatic N) is 5. The summed E-state index contributed by atoms with van der Waals surface area (Å²) >= 11 is 0. The molecule has 1 aliphatic rings. The van der Waals surface area contributed by atoms with Crippen molar-refractivity contribution in [3.05, 3.63) is 54.2 Å². The summed E-state index contributed by atoms with van der Waals surface area (Å²) in [6, 6.07) is 7.61. The van der Waals surface area contributed by atoms with Crippen molar-refractivity contribution in [1.29, 1.82) is 0 Å². The zero-order chi connectivity index (χ0) is 30.9. The number of rotatable bonds is 10. The third-order valence-corrected chi connectivity index (χ3v) is 7.60. The Morgan fingerprint density at radius 1 is 1.23 bits per heavy atom. The van der Waals surface area contributed by atoms with Crippen molar-refractivity contribution in [2.24, 2.45) is 0 Å². The van der Waals surface area contributed by atoms with Crippen LogP contribution in [0.3, 0.4) is 0 Å². The minimum atomic E-state index is -4.53. The van der Waals surface area contributed by atoms with E-state index >= 15 is 0 Å². The number of ether oxygens (including phenoxy) is 1. The topological polar surface area (TPSA) is 102 Å². The molecule has 10 nitrogen and oxygen atoms in total. The molecule has 1 saturated heterocycles. The predicted octanol–water partition coefficient (Wildman–Crippen LogP) is 4.82. The Bertz CT molecular complexity index is 1580. The standard InChI is InChI=1S/C29H35F4N7O3/c1-28(2,17-42-4)39-11-8-18(14-39)27(41)34-13-25-36-26(37-43-25)24-12-19-21(35-22-15-38(3)10-9-20(22)30)6-5-7-23(19)40(24)16-29(31,32)33/h5-8,11-12,14,20,22,35H,9-10,13,15-17H2,1-4H3,(H,34,41)/t20-,22+/m0/s1. The third-order valence-electron chi connectivity index (χ3n) is 7.60. The number of methoxy groups -OCH3 is 1. The Morgan fingerprint density at radius 3 is 2.77 bits per heavy atom. The van der Waals surface area contributed by atoms with E-state index in [1.807, 2.05) is 30.4 Å². The average molecular weight is 606 g/mol. The van der Waals surface area contributed by atoms with Gasteiger partial charge in [0.05, 0.1) is 41.5 Å². The van der Waals surface area contributed by atoms with Gasteiger partial charge in [-0.3, -0.25) is 4.79 Å². The van der Waals surface area contributed by atoms with Crippen molar-refractivity contribution >= 4 is 22.5 Å². The lowest BCUT2D eigenvalue weighted by atomic mass is 10.0. The summed E-state index contributed by atoms with van der Waals surface area (Å²) in [4.78, 5) is 19.0. The van der Waals surface area contributed by atoms with E-state index in [0.29, 0.717) is 42.8 Å². The first-order chi connectivity index (χ1) is 20.3. The fourth-order valence-electron chi connectivity index (χ4n) is 5.39. The highest BCUT2D eigenvalue weighted by Crippen LogP contribution is 2.35. The van der Waals surface area contributed by atoms with Crippen LogP contribution in [-0.2, 0) is 23.4 Å². The third kappa shape index (κ3) is 6.85. The molecule has 14 heteroatoms. The first-order valence-electron chi connectivity index (χ1n) is 13.9. The average Bonchev–Trinajstić information content (AvgIpc) is 3.68. The molecule has 1 aromatic carbocycles. The molecule has 43 heavy (non-hydrogen) atoms. The van der Waals surface area contributed by atoms with Crippen LogP contribution in [0, 0.1) is 0 Å². The van der Waals surface area contributed by atoms with Gasteiger partial charge < -0.3 is 33.9 Å². The highest BCUT2D eigenvalue weighted by molar-refractivity contribution is 5.96. The first-order valence-corrected chi connectivity index (χ1v) is 13.9. The van der Waals surface area contributed by atoms with Gasteiger partial charge in [-0.15, -0.1) is 0 Å². The van der Waals surface area contributed by atoms with E-state index in [-0.39, 0.29) is 40.9 Å². The number of hydrogen-bond donors (Lipinski definition) is 2. The number of halogens is 4. The molecule has 1 amide bonds. The molecule has 0 spiro atoms. The lowest BCUT2D eigenvalue weighted by molar-refractivity contribution is -0.139. The first kappa shape index (κ1) is 30.5. The number of anilines is 1. The fraction of sp³-hybridized carbons (Fsp3) is 0.483. The Hall–Kier alpha value is -3.91. The number of carbonyl (C=O) groups excluding carboxylic acids is 1. The smallest absolute Gasteiger partial charge is 0.382 e. The number of carbonyl (C=O) groups is 1. The van der Waals surface area contributed by atoms with Gasteiger partial charge in [0.25, 0.3) is 5.91 Å². The van der Waals surface area contributed by atoms with Gasteiger partial charge in [0, 0.05) is 43.7 Å². The minimum absolute atomic E-state index is 0.0233. The molecule has 1 fully saturated rings. The molecule has 1 aliphatic heterocycles. The van der Waals surface area contributed by atoms with Crippen LogP contribution in [0.1, 0.15) is 36.5 Å². The maximum atomic E-state index is 14.7. The summed E-state index contributed by atoms with van der Waals surface area (Å²) in [7, 11) is 3.50. The number of likely N-dealkylation sites (N-methyl/N-ethyl adjacent to an activating group) is 1. The van der Waals surface area contributed by atoms with Gasteiger partial charge in [-0.25, -0.2) is 4.39 Å². The van der Waals surface area contributed by atoms with Crippen LogP contribution in [-0.4, -0.2) is 82.3 Å². The molecule has 0 saturated carbocycles. The van der Waals surface area contributed by atoms with Crippen LogP contribution < -0.4 is 10.6 Å². The van der Waals surface area contributed by atoms with Gasteiger partial charge in [0.1, 0.15) is 12.7 Å². The van der Waals surface area contributed by atoms with E-state index in [1.54, 1.807) is 49.8 Å². The van der Waals surface area contributed by atoms with Gasteiger partial charge in [0.2, 0.25) is 11.7 Å². The number of amides is 1. The molecular weight excluding hydrogens is 570 g/mol. The summed E-state index contributed by atoms with van der Waals surface area (Å²) in [6.45, 7) is 4.08. The van der Waals surface area contributed by atoms with Crippen LogP contribution in [0.4, 0.5) is 23.2 Å². The highest BCUT2D eigenvalue weighted by Gasteiger charge is 2.32. The van der Waals surface area contributed by atoms with E-state index in [4.69, 9.17) is 9.26 Å². The van der Waals surface area contributed by atoms with Crippen molar-refractivity contribution in [2.75, 3.05) is 39.2 Å². The maximum absolute atomic E-state index is 14.7. The van der Waals surface area contributed by atoms with Crippen LogP contribution in [0.5, 0.6) is 0 Å². The lowest BCUT2D eigenvalue weighted by Gasteiger charge is -2.33. The van der Waals surface area contributed by atoms with Gasteiger partial charge >= 0.3 is 6.18 Å². The van der Waals surface area contributed by atoms with E-state index in [0.717, 1.165) is 4.57 Å². The summed E-state index contributed by atoms with van der Waals surface area (Å²) in [5.41, 5.74) is 0.933. The molecule has 2 atom stereocenters. The summed E-state index contributed by atoms with van der Waals surface area (Å²) in [5.74, 6) is -0.424. The van der Waals surface area contributed by atoms with Crippen LogP contribution >= 0.6 is 0 Å². The van der Waals surface area contributed by atoms with Crippen LogP contribution in [0.25, 0.3) is 22.4 Å². The number of benzene rings is 1. The lowest BCUT2D eigenvalue weighted by Crippen LogP contribution is -2.47. The minimum Gasteiger partial charge on any atom is -0.382 e. The largest absolute Gasteiger partial charge is 0.406 e. The highest BCUT2D eigenvalue weighted by atomic mass is 19.4. The Kier molecular flexibility index (Phi) is 8.52. The Morgan fingerprint density at radius 2 is 2.02 bits per heavy atom. The van der Waals surface area contributed by atoms with E-state index in [2.05, 4.69) is 20.8 Å². The van der Waals surface area contributed by atoms with Gasteiger partial charge in [-0.1, -0.05) is 11.2 Å². The van der Waals surface area contributed by atoms with Gasteiger partial charge in [-0.05, 0) is 51.6 Å². The SMILES string of the molecule is COCC(C)(C)n1ccc(C(=O)NCc2nc(-c3cc4c(N[C@@H]5CN(C)CC[C@@H]5F)cccc4n3CC(F)(F)F)no2)c1. The quantitative estimate of drug-likeness (QED) is 0.250. The van der Waals surface area contributed by atoms with Crippen molar-refractivity contribution in [3.63, 3.8) is 0 Å². The van der Waals surface area contributed by atoms with Crippen molar-refractivity contribution in [1.82, 2.24) is 29.5 Å². The van der Waals surface area contributed by atoms with E-state index in [9.17, 15) is 22.4 Å². The normalized spacial score (nSPS) is 18.3. The summed E-state index contributed by atoms with van der Waals surface area (Å²) in [6.07, 6.45) is -1.78.